The molecule has 20 heavy (non-hydrogen) atoms. The van der Waals surface area contributed by atoms with Gasteiger partial charge in [-0.25, -0.2) is 0 Å². The SMILES string of the molecule is CC(C)(C)NC1CC[C@]2(C)C(C)(C(C)(C)C)CC[C@]12C. The summed E-state index contributed by atoms with van der Waals surface area (Å²) in [6.45, 7) is 22.0. The normalized spacial score (nSPS) is 45.8. The predicted molar refractivity (Wildman–Crippen MR) is 88.9 cm³/mol. The third-order valence-corrected chi connectivity index (χ3v) is 7.59. The van der Waals surface area contributed by atoms with Crippen LogP contribution in [0.15, 0.2) is 0 Å². The lowest BCUT2D eigenvalue weighted by Gasteiger charge is -2.54. The third kappa shape index (κ3) is 1.99. The van der Waals surface area contributed by atoms with Gasteiger partial charge in [0.2, 0.25) is 0 Å². The summed E-state index contributed by atoms with van der Waals surface area (Å²) < 4.78 is 0. The Morgan fingerprint density at radius 3 is 1.85 bits per heavy atom. The summed E-state index contributed by atoms with van der Waals surface area (Å²) >= 11 is 0. The molecule has 2 saturated carbocycles. The van der Waals surface area contributed by atoms with E-state index in [0.29, 0.717) is 27.7 Å². The lowest BCUT2D eigenvalue weighted by Crippen LogP contribution is -2.54. The number of hydrogen-bond acceptors (Lipinski definition) is 1. The van der Waals surface area contributed by atoms with Gasteiger partial charge in [-0.2, -0.15) is 0 Å². The molecule has 2 aliphatic rings. The van der Waals surface area contributed by atoms with Gasteiger partial charge in [-0.05, 0) is 68.1 Å². The second kappa shape index (κ2) is 4.24. The molecule has 2 fully saturated rings. The molecule has 0 saturated heterocycles. The van der Waals surface area contributed by atoms with Gasteiger partial charge < -0.3 is 5.32 Å². The Labute approximate surface area is 127 Å². The quantitative estimate of drug-likeness (QED) is 0.678. The van der Waals surface area contributed by atoms with Crippen LogP contribution in [-0.4, -0.2) is 11.6 Å². The van der Waals surface area contributed by atoms with Gasteiger partial charge >= 0.3 is 0 Å². The highest BCUT2D eigenvalue weighted by Gasteiger charge is 2.68. The average molecular weight is 280 g/mol. The summed E-state index contributed by atoms with van der Waals surface area (Å²) in [5.74, 6) is 0. The topological polar surface area (TPSA) is 12.0 Å². The van der Waals surface area contributed by atoms with Crippen molar-refractivity contribution in [2.45, 2.75) is 99.6 Å². The van der Waals surface area contributed by atoms with E-state index in [-0.39, 0.29) is 5.54 Å². The van der Waals surface area contributed by atoms with E-state index >= 15 is 0 Å². The molecule has 0 radical (unpaired) electrons. The highest BCUT2D eigenvalue weighted by molar-refractivity contribution is 5.19. The maximum absolute atomic E-state index is 3.94. The van der Waals surface area contributed by atoms with Crippen molar-refractivity contribution in [1.82, 2.24) is 5.32 Å². The van der Waals surface area contributed by atoms with Crippen LogP contribution < -0.4 is 5.32 Å². The van der Waals surface area contributed by atoms with E-state index in [0.717, 1.165) is 0 Å². The Morgan fingerprint density at radius 1 is 0.850 bits per heavy atom. The van der Waals surface area contributed by atoms with Gasteiger partial charge in [0, 0.05) is 11.6 Å². The zero-order valence-corrected chi connectivity index (χ0v) is 15.4. The summed E-state index contributed by atoms with van der Waals surface area (Å²) in [4.78, 5) is 0. The van der Waals surface area contributed by atoms with Crippen LogP contribution in [0.25, 0.3) is 0 Å². The Hall–Kier alpha value is -0.0400. The molecule has 0 aromatic rings. The van der Waals surface area contributed by atoms with Crippen LogP contribution in [0.4, 0.5) is 0 Å². The molecule has 4 atom stereocenters. The fourth-order valence-corrected chi connectivity index (χ4v) is 5.52. The molecule has 1 N–H and O–H groups in total. The first-order valence-corrected chi connectivity index (χ1v) is 8.55. The number of nitrogens with one attached hydrogen (secondary N) is 1. The van der Waals surface area contributed by atoms with Crippen molar-refractivity contribution in [3.05, 3.63) is 0 Å². The Kier molecular flexibility index (Phi) is 3.47. The highest BCUT2D eigenvalue weighted by atomic mass is 15.0. The minimum atomic E-state index is 0.222. The molecule has 118 valence electrons. The molecule has 1 nitrogen and oxygen atoms in total. The Balaban J connectivity index is 2.37. The summed E-state index contributed by atoms with van der Waals surface area (Å²) in [6.07, 6.45) is 5.48. The fourth-order valence-electron chi connectivity index (χ4n) is 5.52. The first-order chi connectivity index (χ1) is 8.77. The molecule has 0 aliphatic heterocycles. The molecular weight excluding hydrogens is 242 g/mol. The van der Waals surface area contributed by atoms with Crippen LogP contribution >= 0.6 is 0 Å². The summed E-state index contributed by atoms with van der Waals surface area (Å²) in [5, 5.41) is 3.94. The smallest absolute Gasteiger partial charge is 0.0131 e. The van der Waals surface area contributed by atoms with Crippen molar-refractivity contribution in [2.24, 2.45) is 21.7 Å². The van der Waals surface area contributed by atoms with Crippen LogP contribution in [0, 0.1) is 21.7 Å². The van der Waals surface area contributed by atoms with Gasteiger partial charge in [-0.1, -0.05) is 41.5 Å². The van der Waals surface area contributed by atoms with Gasteiger partial charge in [0.25, 0.3) is 0 Å². The summed E-state index contributed by atoms with van der Waals surface area (Å²) in [7, 11) is 0. The van der Waals surface area contributed by atoms with Crippen LogP contribution in [-0.2, 0) is 0 Å². The molecule has 0 aromatic carbocycles. The van der Waals surface area contributed by atoms with E-state index in [2.05, 4.69) is 67.6 Å². The summed E-state index contributed by atoms with van der Waals surface area (Å²) in [5.41, 5.74) is 1.96. The highest BCUT2D eigenvalue weighted by Crippen LogP contribution is 2.74. The van der Waals surface area contributed by atoms with Crippen molar-refractivity contribution < 1.29 is 0 Å². The number of hydrogen-bond donors (Lipinski definition) is 1. The molecule has 0 aromatic heterocycles. The lowest BCUT2D eigenvalue weighted by atomic mass is 9.51. The minimum absolute atomic E-state index is 0.222. The first kappa shape index (κ1) is 16.3. The monoisotopic (exact) mass is 279 g/mol. The lowest BCUT2D eigenvalue weighted by molar-refractivity contribution is -0.0520. The zero-order valence-electron chi connectivity index (χ0n) is 15.4. The van der Waals surface area contributed by atoms with E-state index < -0.39 is 0 Å². The molecule has 0 amide bonds. The number of fused-ring (bicyclic) bond motifs is 1. The van der Waals surface area contributed by atoms with Crippen LogP contribution in [0.2, 0.25) is 0 Å². The molecule has 0 spiro atoms. The second-order valence-electron chi connectivity index (χ2n) is 10.3. The molecule has 0 bridgehead atoms. The van der Waals surface area contributed by atoms with E-state index in [4.69, 9.17) is 0 Å². The van der Waals surface area contributed by atoms with Gasteiger partial charge in [-0.15, -0.1) is 0 Å². The molecule has 2 aliphatic carbocycles. The maximum Gasteiger partial charge on any atom is 0.0131 e. The van der Waals surface area contributed by atoms with Crippen molar-refractivity contribution in [1.29, 1.82) is 0 Å². The van der Waals surface area contributed by atoms with Crippen molar-refractivity contribution in [3.8, 4) is 0 Å². The van der Waals surface area contributed by atoms with Gasteiger partial charge in [-0.3, -0.25) is 0 Å². The maximum atomic E-state index is 3.94. The Bertz CT molecular complexity index is 386. The van der Waals surface area contributed by atoms with Gasteiger partial charge in [0.1, 0.15) is 0 Å². The summed E-state index contributed by atoms with van der Waals surface area (Å²) in [6, 6.07) is 0.677. The van der Waals surface area contributed by atoms with Crippen LogP contribution in [0.3, 0.4) is 0 Å². The Morgan fingerprint density at radius 2 is 1.40 bits per heavy atom. The average Bonchev–Trinajstić information content (AvgIpc) is 2.60. The van der Waals surface area contributed by atoms with Crippen molar-refractivity contribution in [2.75, 3.05) is 0 Å². The van der Waals surface area contributed by atoms with E-state index in [9.17, 15) is 0 Å². The van der Waals surface area contributed by atoms with Crippen LogP contribution in [0.5, 0.6) is 0 Å². The molecular formula is C19H37N. The molecule has 2 rings (SSSR count). The van der Waals surface area contributed by atoms with E-state index in [1.54, 1.807) is 0 Å². The van der Waals surface area contributed by atoms with Crippen molar-refractivity contribution >= 4 is 0 Å². The fraction of sp³-hybridized carbons (Fsp3) is 1.00. The van der Waals surface area contributed by atoms with Crippen LogP contribution in [0.1, 0.15) is 88.0 Å². The zero-order chi connectivity index (χ0) is 15.6. The molecule has 2 unspecified atom stereocenters. The van der Waals surface area contributed by atoms with Gasteiger partial charge in [0.05, 0.1) is 0 Å². The van der Waals surface area contributed by atoms with Gasteiger partial charge in [0.15, 0.2) is 0 Å². The van der Waals surface area contributed by atoms with Crippen molar-refractivity contribution in [3.63, 3.8) is 0 Å². The standard InChI is InChI=1S/C19H37N/c1-15(2,3)18(8)13-12-17(7)14(20-16(4,5)6)10-11-19(17,18)9/h14,20H,10-13H2,1-9H3/t14?,17-,18?,19+/m1/s1. The molecule has 0 heterocycles. The predicted octanol–water partition coefficient (Wildman–Crippen LogP) is 5.40. The number of rotatable bonds is 1. The minimum Gasteiger partial charge on any atom is -0.309 e. The van der Waals surface area contributed by atoms with E-state index in [1.807, 2.05) is 0 Å². The molecule has 1 heteroatoms. The first-order valence-electron chi connectivity index (χ1n) is 8.55. The largest absolute Gasteiger partial charge is 0.309 e. The second-order valence-corrected chi connectivity index (χ2v) is 10.3. The van der Waals surface area contributed by atoms with E-state index in [1.165, 1.54) is 25.7 Å². The third-order valence-electron chi connectivity index (χ3n) is 7.59.